The van der Waals surface area contributed by atoms with Gasteiger partial charge < -0.3 is 25.8 Å². The number of alkyl carbamates (subject to hydrolysis) is 1. The van der Waals surface area contributed by atoms with Crippen LogP contribution >= 0.6 is 12.4 Å². The van der Waals surface area contributed by atoms with Crippen molar-refractivity contribution in [1.29, 1.82) is 0 Å². The SMILES string of the molecule is COC(=O)C(CNCCN)NC(=O)OCc1ccccc1.Cl. The smallest absolute Gasteiger partial charge is 0.408 e. The van der Waals surface area contributed by atoms with Crippen molar-refractivity contribution in [3.63, 3.8) is 0 Å². The molecule has 1 rings (SSSR count). The average molecular weight is 332 g/mol. The van der Waals surface area contributed by atoms with Crippen molar-refractivity contribution < 1.29 is 19.1 Å². The summed E-state index contributed by atoms with van der Waals surface area (Å²) < 4.78 is 9.68. The molecule has 0 spiro atoms. The highest BCUT2D eigenvalue weighted by Crippen LogP contribution is 2.00. The lowest BCUT2D eigenvalue weighted by Gasteiger charge is -2.16. The predicted octanol–water partition coefficient (Wildman–Crippen LogP) is 0.425. The van der Waals surface area contributed by atoms with Crippen molar-refractivity contribution in [2.45, 2.75) is 12.6 Å². The monoisotopic (exact) mass is 331 g/mol. The van der Waals surface area contributed by atoms with Gasteiger partial charge in [-0.05, 0) is 5.56 Å². The molecule has 22 heavy (non-hydrogen) atoms. The molecular formula is C14H22ClN3O4. The van der Waals surface area contributed by atoms with E-state index in [-0.39, 0.29) is 25.6 Å². The molecular weight excluding hydrogens is 310 g/mol. The summed E-state index contributed by atoms with van der Waals surface area (Å²) in [6.07, 6.45) is -0.677. The van der Waals surface area contributed by atoms with Crippen LogP contribution in [0.4, 0.5) is 4.79 Å². The predicted molar refractivity (Wildman–Crippen MR) is 84.7 cm³/mol. The van der Waals surface area contributed by atoms with Crippen LogP contribution in [0.15, 0.2) is 30.3 Å². The fourth-order valence-corrected chi connectivity index (χ4v) is 1.59. The molecule has 4 N–H and O–H groups in total. The standard InChI is InChI=1S/C14H21N3O4.ClH/c1-20-13(18)12(9-16-8-7-15)17-14(19)21-10-11-5-3-2-4-6-11;/h2-6,12,16H,7-10,15H2,1H3,(H,17,19);1H. The highest BCUT2D eigenvalue weighted by Gasteiger charge is 2.21. The molecule has 8 heteroatoms. The van der Waals surface area contributed by atoms with E-state index in [0.29, 0.717) is 13.1 Å². The van der Waals surface area contributed by atoms with Gasteiger partial charge in [-0.1, -0.05) is 30.3 Å². The maximum atomic E-state index is 11.7. The Hall–Kier alpha value is -1.83. The van der Waals surface area contributed by atoms with Crippen LogP contribution in [-0.2, 0) is 20.9 Å². The van der Waals surface area contributed by atoms with E-state index in [1.807, 2.05) is 30.3 Å². The third kappa shape index (κ3) is 7.82. The van der Waals surface area contributed by atoms with Gasteiger partial charge in [0.15, 0.2) is 0 Å². The second-order valence-corrected chi connectivity index (χ2v) is 4.27. The Kier molecular flexibility index (Phi) is 10.8. The van der Waals surface area contributed by atoms with Crippen LogP contribution in [0.25, 0.3) is 0 Å². The summed E-state index contributed by atoms with van der Waals surface area (Å²) in [7, 11) is 1.26. The van der Waals surface area contributed by atoms with Crippen molar-refractivity contribution in [1.82, 2.24) is 10.6 Å². The first-order chi connectivity index (χ1) is 10.2. The zero-order valence-corrected chi connectivity index (χ0v) is 13.2. The lowest BCUT2D eigenvalue weighted by atomic mass is 10.2. The Balaban J connectivity index is 0.00000441. The molecule has 124 valence electrons. The van der Waals surface area contributed by atoms with Crippen LogP contribution in [-0.4, -0.2) is 44.8 Å². The molecule has 0 bridgehead atoms. The molecule has 0 heterocycles. The third-order valence-electron chi connectivity index (χ3n) is 2.66. The van der Waals surface area contributed by atoms with Crippen LogP contribution in [0, 0.1) is 0 Å². The molecule has 1 amide bonds. The Morgan fingerprint density at radius 3 is 2.55 bits per heavy atom. The van der Waals surface area contributed by atoms with Gasteiger partial charge in [-0.15, -0.1) is 12.4 Å². The summed E-state index contributed by atoms with van der Waals surface area (Å²) in [5.74, 6) is -0.545. The third-order valence-corrected chi connectivity index (χ3v) is 2.66. The first-order valence-electron chi connectivity index (χ1n) is 6.63. The number of ether oxygens (including phenoxy) is 2. The number of halogens is 1. The minimum absolute atomic E-state index is 0. The Labute approximate surface area is 135 Å². The van der Waals surface area contributed by atoms with E-state index in [4.69, 9.17) is 10.5 Å². The van der Waals surface area contributed by atoms with E-state index >= 15 is 0 Å². The molecule has 0 aliphatic heterocycles. The highest BCUT2D eigenvalue weighted by atomic mass is 35.5. The quantitative estimate of drug-likeness (QED) is 0.471. The van der Waals surface area contributed by atoms with Gasteiger partial charge in [0.25, 0.3) is 0 Å². The fourth-order valence-electron chi connectivity index (χ4n) is 1.59. The first-order valence-corrected chi connectivity index (χ1v) is 6.63. The largest absolute Gasteiger partial charge is 0.467 e. The van der Waals surface area contributed by atoms with Gasteiger partial charge in [-0.2, -0.15) is 0 Å². The topological polar surface area (TPSA) is 103 Å². The molecule has 0 saturated heterocycles. The van der Waals surface area contributed by atoms with Gasteiger partial charge in [-0.25, -0.2) is 9.59 Å². The first kappa shape index (κ1) is 20.2. The van der Waals surface area contributed by atoms with Gasteiger partial charge in [0.05, 0.1) is 7.11 Å². The molecule has 1 aromatic rings. The van der Waals surface area contributed by atoms with Crippen LogP contribution < -0.4 is 16.4 Å². The second kappa shape index (κ2) is 11.8. The Morgan fingerprint density at radius 1 is 1.27 bits per heavy atom. The number of hydrogen-bond donors (Lipinski definition) is 3. The lowest BCUT2D eigenvalue weighted by Crippen LogP contribution is -2.48. The van der Waals surface area contributed by atoms with E-state index in [1.54, 1.807) is 0 Å². The minimum Gasteiger partial charge on any atom is -0.467 e. The van der Waals surface area contributed by atoms with E-state index in [1.165, 1.54) is 7.11 Å². The van der Waals surface area contributed by atoms with Crippen molar-refractivity contribution in [2.24, 2.45) is 5.73 Å². The number of nitrogens with one attached hydrogen (secondary N) is 2. The summed E-state index contributed by atoms with van der Waals surface area (Å²) in [6, 6.07) is 8.45. The number of carbonyl (C=O) groups is 2. The summed E-state index contributed by atoms with van der Waals surface area (Å²) in [5, 5.41) is 5.39. The molecule has 0 aliphatic rings. The van der Waals surface area contributed by atoms with Crippen LogP contribution in [0.2, 0.25) is 0 Å². The van der Waals surface area contributed by atoms with Gasteiger partial charge in [0.1, 0.15) is 12.6 Å². The molecule has 0 radical (unpaired) electrons. The van der Waals surface area contributed by atoms with Gasteiger partial charge in [0, 0.05) is 19.6 Å². The second-order valence-electron chi connectivity index (χ2n) is 4.27. The van der Waals surface area contributed by atoms with Gasteiger partial charge >= 0.3 is 12.1 Å². The minimum atomic E-state index is -0.815. The summed E-state index contributed by atoms with van der Waals surface area (Å²) >= 11 is 0. The highest BCUT2D eigenvalue weighted by molar-refractivity contribution is 5.85. The zero-order valence-electron chi connectivity index (χ0n) is 12.4. The summed E-state index contributed by atoms with van der Waals surface area (Å²) in [4.78, 5) is 23.2. The molecule has 7 nitrogen and oxygen atoms in total. The number of esters is 1. The van der Waals surface area contributed by atoms with E-state index in [0.717, 1.165) is 5.56 Å². The van der Waals surface area contributed by atoms with Gasteiger partial charge in [0.2, 0.25) is 0 Å². The van der Waals surface area contributed by atoms with Crippen molar-refractivity contribution in [3.05, 3.63) is 35.9 Å². The molecule has 0 fully saturated rings. The molecule has 1 aromatic carbocycles. The Morgan fingerprint density at radius 2 is 1.95 bits per heavy atom. The van der Waals surface area contributed by atoms with Crippen LogP contribution in [0.3, 0.4) is 0 Å². The van der Waals surface area contributed by atoms with E-state index in [9.17, 15) is 9.59 Å². The van der Waals surface area contributed by atoms with E-state index in [2.05, 4.69) is 15.4 Å². The summed E-state index contributed by atoms with van der Waals surface area (Å²) in [6.45, 7) is 1.34. The molecule has 1 unspecified atom stereocenters. The number of carbonyl (C=O) groups excluding carboxylic acids is 2. The lowest BCUT2D eigenvalue weighted by molar-refractivity contribution is -0.142. The number of nitrogens with two attached hydrogens (primary N) is 1. The fraction of sp³-hybridized carbons (Fsp3) is 0.429. The maximum Gasteiger partial charge on any atom is 0.408 e. The van der Waals surface area contributed by atoms with Crippen molar-refractivity contribution in [3.8, 4) is 0 Å². The Bertz CT molecular complexity index is 445. The van der Waals surface area contributed by atoms with Crippen LogP contribution in [0.1, 0.15) is 5.56 Å². The number of benzene rings is 1. The molecule has 1 atom stereocenters. The maximum absolute atomic E-state index is 11.7. The van der Waals surface area contributed by atoms with Crippen molar-refractivity contribution in [2.75, 3.05) is 26.7 Å². The molecule has 0 saturated carbocycles. The normalized spacial score (nSPS) is 11.0. The number of methoxy groups -OCH3 is 1. The summed E-state index contributed by atoms with van der Waals surface area (Å²) in [5.41, 5.74) is 6.21. The number of hydrogen-bond acceptors (Lipinski definition) is 6. The number of rotatable bonds is 8. The molecule has 0 aromatic heterocycles. The van der Waals surface area contributed by atoms with Crippen molar-refractivity contribution >= 4 is 24.5 Å². The molecule has 0 aliphatic carbocycles. The average Bonchev–Trinajstić information content (AvgIpc) is 2.52. The van der Waals surface area contributed by atoms with Gasteiger partial charge in [-0.3, -0.25) is 0 Å². The van der Waals surface area contributed by atoms with E-state index < -0.39 is 18.1 Å². The van der Waals surface area contributed by atoms with Crippen LogP contribution in [0.5, 0.6) is 0 Å². The number of amides is 1. The zero-order chi connectivity index (χ0) is 15.5.